The molecule has 0 fully saturated rings. The Hall–Kier alpha value is -0.830. The van der Waals surface area contributed by atoms with E-state index >= 15 is 0 Å². The number of halogens is 1. The van der Waals surface area contributed by atoms with Crippen molar-refractivity contribution in [3.8, 4) is 0 Å². The average molecular weight is 298 g/mol. The number of carbonyl (C=O) groups excluding carboxylic acids is 1. The number of nitrogens with one attached hydrogen (secondary N) is 1. The van der Waals surface area contributed by atoms with Crippen molar-refractivity contribution in [2.75, 3.05) is 6.54 Å². The molecule has 2 nitrogen and oxygen atoms in total. The van der Waals surface area contributed by atoms with E-state index in [4.69, 9.17) is 0 Å². The molecule has 0 radical (unpaired) electrons. The molecule has 3 heteroatoms. The third-order valence-corrected chi connectivity index (χ3v) is 3.03. The summed E-state index contributed by atoms with van der Waals surface area (Å²) in [5.41, 5.74) is 1.30. The van der Waals surface area contributed by atoms with Crippen LogP contribution in [0.25, 0.3) is 0 Å². The van der Waals surface area contributed by atoms with Crippen LogP contribution in [0.2, 0.25) is 0 Å². The third-order valence-electron chi connectivity index (χ3n) is 2.58. The number of rotatable bonds is 7. The maximum absolute atomic E-state index is 11.5. The predicted molar refractivity (Wildman–Crippen MR) is 75.4 cm³/mol. The molecular formula is C14H20BrNO. The fourth-order valence-electron chi connectivity index (χ4n) is 1.60. The van der Waals surface area contributed by atoms with E-state index in [2.05, 4.69) is 40.3 Å². The van der Waals surface area contributed by atoms with Crippen molar-refractivity contribution in [3.05, 3.63) is 35.9 Å². The third kappa shape index (κ3) is 7.16. The molecule has 1 amide bonds. The highest BCUT2D eigenvalue weighted by molar-refractivity contribution is 9.09. The lowest BCUT2D eigenvalue weighted by Gasteiger charge is -2.06. The highest BCUT2D eigenvalue weighted by Crippen LogP contribution is 2.05. The molecule has 0 saturated carbocycles. The fourth-order valence-corrected chi connectivity index (χ4v) is 1.83. The number of aryl methyl sites for hydroxylation is 1. The largest absolute Gasteiger partial charge is 0.356 e. The summed E-state index contributed by atoms with van der Waals surface area (Å²) in [6.07, 6.45) is 3.48. The molecule has 1 atom stereocenters. The molecule has 0 bridgehead atoms. The molecule has 1 N–H and O–H groups in total. The van der Waals surface area contributed by atoms with Crippen LogP contribution in [-0.4, -0.2) is 17.3 Å². The van der Waals surface area contributed by atoms with Crippen LogP contribution >= 0.6 is 15.9 Å². The second-order valence-corrected chi connectivity index (χ2v) is 5.82. The van der Waals surface area contributed by atoms with Gasteiger partial charge in [-0.05, 0) is 24.8 Å². The van der Waals surface area contributed by atoms with E-state index in [1.807, 2.05) is 18.2 Å². The molecule has 1 aromatic carbocycles. The van der Waals surface area contributed by atoms with Gasteiger partial charge in [0.05, 0.1) is 0 Å². The Bertz CT molecular complexity index is 324. The second kappa shape index (κ2) is 8.29. The number of alkyl halides is 1. The predicted octanol–water partition coefficient (Wildman–Crippen LogP) is 3.30. The Kier molecular flexibility index (Phi) is 6.94. The summed E-state index contributed by atoms with van der Waals surface area (Å²) in [7, 11) is 0. The zero-order valence-electron chi connectivity index (χ0n) is 10.3. The van der Waals surface area contributed by atoms with Gasteiger partial charge in [0, 0.05) is 17.8 Å². The van der Waals surface area contributed by atoms with E-state index in [0.717, 1.165) is 25.8 Å². The van der Waals surface area contributed by atoms with Gasteiger partial charge in [-0.15, -0.1) is 0 Å². The molecule has 0 aliphatic carbocycles. The van der Waals surface area contributed by atoms with Crippen molar-refractivity contribution in [1.29, 1.82) is 0 Å². The molecule has 94 valence electrons. The Morgan fingerprint density at radius 1 is 1.35 bits per heavy atom. The van der Waals surface area contributed by atoms with Crippen LogP contribution in [-0.2, 0) is 11.2 Å². The Morgan fingerprint density at radius 2 is 2.06 bits per heavy atom. The second-order valence-electron chi connectivity index (χ2n) is 4.26. The minimum atomic E-state index is 0.161. The summed E-state index contributed by atoms with van der Waals surface area (Å²) in [5, 5.41) is 2.93. The summed E-state index contributed by atoms with van der Waals surface area (Å²) in [6.45, 7) is 2.85. The van der Waals surface area contributed by atoms with Gasteiger partial charge < -0.3 is 5.32 Å². The van der Waals surface area contributed by atoms with E-state index in [9.17, 15) is 4.79 Å². The fraction of sp³-hybridized carbons (Fsp3) is 0.500. The molecule has 1 aromatic rings. The van der Waals surface area contributed by atoms with Crippen molar-refractivity contribution in [2.24, 2.45) is 0 Å². The van der Waals surface area contributed by atoms with Crippen molar-refractivity contribution >= 4 is 21.8 Å². The summed E-state index contributed by atoms with van der Waals surface area (Å²) < 4.78 is 0. The first-order valence-electron chi connectivity index (χ1n) is 6.13. The van der Waals surface area contributed by atoms with E-state index in [0.29, 0.717) is 11.2 Å². The summed E-state index contributed by atoms with van der Waals surface area (Å²) in [4.78, 5) is 12.0. The molecule has 0 aliphatic rings. The molecular weight excluding hydrogens is 278 g/mol. The first-order valence-corrected chi connectivity index (χ1v) is 7.04. The van der Waals surface area contributed by atoms with Crippen LogP contribution in [0.1, 0.15) is 31.7 Å². The van der Waals surface area contributed by atoms with Gasteiger partial charge in [-0.2, -0.15) is 0 Å². The lowest BCUT2D eigenvalue weighted by Crippen LogP contribution is -2.25. The highest BCUT2D eigenvalue weighted by Gasteiger charge is 2.02. The van der Waals surface area contributed by atoms with Crippen molar-refractivity contribution in [3.63, 3.8) is 0 Å². The van der Waals surface area contributed by atoms with Gasteiger partial charge in [0.1, 0.15) is 0 Å². The zero-order chi connectivity index (χ0) is 12.5. The minimum Gasteiger partial charge on any atom is -0.356 e. The average Bonchev–Trinajstić information content (AvgIpc) is 2.30. The van der Waals surface area contributed by atoms with Crippen LogP contribution in [0, 0.1) is 0 Å². The van der Waals surface area contributed by atoms with Crippen molar-refractivity contribution < 1.29 is 4.79 Å². The number of benzene rings is 1. The van der Waals surface area contributed by atoms with Crippen LogP contribution < -0.4 is 5.32 Å². The Morgan fingerprint density at radius 3 is 2.71 bits per heavy atom. The first-order chi connectivity index (χ1) is 8.18. The molecule has 1 rings (SSSR count). The Labute approximate surface area is 112 Å². The molecule has 1 unspecified atom stereocenters. The van der Waals surface area contributed by atoms with Gasteiger partial charge in [-0.25, -0.2) is 0 Å². The SMILES string of the molecule is CC(Br)CCNC(=O)CCCc1ccccc1. The Balaban J connectivity index is 2.08. The normalized spacial score (nSPS) is 12.1. The number of hydrogen-bond donors (Lipinski definition) is 1. The quantitative estimate of drug-likeness (QED) is 0.769. The zero-order valence-corrected chi connectivity index (χ0v) is 11.9. The van der Waals surface area contributed by atoms with E-state index in [-0.39, 0.29) is 5.91 Å². The lowest BCUT2D eigenvalue weighted by atomic mass is 10.1. The molecule has 0 aliphatic heterocycles. The van der Waals surface area contributed by atoms with Crippen molar-refractivity contribution in [2.45, 2.75) is 37.4 Å². The maximum Gasteiger partial charge on any atom is 0.220 e. The summed E-state index contributed by atoms with van der Waals surface area (Å²) in [6, 6.07) is 10.3. The van der Waals surface area contributed by atoms with E-state index < -0.39 is 0 Å². The smallest absolute Gasteiger partial charge is 0.220 e. The molecule has 0 heterocycles. The van der Waals surface area contributed by atoms with Gasteiger partial charge in [0.25, 0.3) is 0 Å². The van der Waals surface area contributed by atoms with Crippen molar-refractivity contribution in [1.82, 2.24) is 5.32 Å². The maximum atomic E-state index is 11.5. The van der Waals surface area contributed by atoms with Gasteiger partial charge in [0.15, 0.2) is 0 Å². The van der Waals surface area contributed by atoms with Gasteiger partial charge >= 0.3 is 0 Å². The van der Waals surface area contributed by atoms with Gasteiger partial charge in [0.2, 0.25) is 5.91 Å². The van der Waals surface area contributed by atoms with Crippen LogP contribution in [0.3, 0.4) is 0 Å². The van der Waals surface area contributed by atoms with Gasteiger partial charge in [-0.1, -0.05) is 53.2 Å². The summed E-state index contributed by atoms with van der Waals surface area (Å²) >= 11 is 3.46. The first kappa shape index (κ1) is 14.2. The van der Waals surface area contributed by atoms with Crippen LogP contribution in [0.5, 0.6) is 0 Å². The van der Waals surface area contributed by atoms with E-state index in [1.54, 1.807) is 0 Å². The summed E-state index contributed by atoms with van der Waals surface area (Å²) in [5.74, 6) is 0.161. The van der Waals surface area contributed by atoms with Crippen LogP contribution in [0.15, 0.2) is 30.3 Å². The van der Waals surface area contributed by atoms with E-state index in [1.165, 1.54) is 5.56 Å². The highest BCUT2D eigenvalue weighted by atomic mass is 79.9. The lowest BCUT2D eigenvalue weighted by molar-refractivity contribution is -0.121. The van der Waals surface area contributed by atoms with Gasteiger partial charge in [-0.3, -0.25) is 4.79 Å². The monoisotopic (exact) mass is 297 g/mol. The minimum absolute atomic E-state index is 0.161. The topological polar surface area (TPSA) is 29.1 Å². The van der Waals surface area contributed by atoms with Crippen LogP contribution in [0.4, 0.5) is 0 Å². The standard InChI is InChI=1S/C14H20BrNO/c1-12(15)10-11-16-14(17)9-5-8-13-6-3-2-4-7-13/h2-4,6-7,12H,5,8-11H2,1H3,(H,16,17). The molecule has 0 saturated heterocycles. The molecule has 17 heavy (non-hydrogen) atoms. The molecule has 0 spiro atoms. The number of carbonyl (C=O) groups is 1. The number of amides is 1. The number of hydrogen-bond acceptors (Lipinski definition) is 1. The molecule has 0 aromatic heterocycles.